The number of hydrogen-bond acceptors (Lipinski definition) is 4. The third-order valence-corrected chi connectivity index (χ3v) is 4.81. The third kappa shape index (κ3) is 4.87. The molecule has 1 saturated heterocycles. The highest BCUT2D eigenvalue weighted by Crippen LogP contribution is 2.30. The van der Waals surface area contributed by atoms with E-state index >= 15 is 0 Å². The minimum atomic E-state index is -0.118. The molecule has 3 nitrogen and oxygen atoms in total. The molecule has 0 bridgehead atoms. The number of nitrogens with zero attached hydrogens (tertiary/aromatic N) is 1. The molecule has 1 aromatic rings. The van der Waals surface area contributed by atoms with Crippen LogP contribution in [0.2, 0.25) is 0 Å². The van der Waals surface area contributed by atoms with E-state index in [0.29, 0.717) is 23.7 Å². The lowest BCUT2D eigenvalue weighted by Gasteiger charge is -2.36. The summed E-state index contributed by atoms with van der Waals surface area (Å²) in [5.41, 5.74) is 1.70. The SMILES string of the molecule is COCCNCc1ccc(N2CC(C)SC(C)C2)c(F)c1. The summed E-state index contributed by atoms with van der Waals surface area (Å²) in [7, 11) is 1.68. The van der Waals surface area contributed by atoms with Crippen molar-refractivity contribution in [1.82, 2.24) is 5.32 Å². The lowest BCUT2D eigenvalue weighted by Crippen LogP contribution is -2.40. The zero-order valence-electron chi connectivity index (χ0n) is 13.1. The fourth-order valence-electron chi connectivity index (χ4n) is 2.70. The molecule has 5 heteroatoms. The van der Waals surface area contributed by atoms with Gasteiger partial charge < -0.3 is 15.0 Å². The average Bonchev–Trinajstić information content (AvgIpc) is 2.42. The number of anilines is 1. The molecular formula is C16H25FN2OS. The number of halogens is 1. The summed E-state index contributed by atoms with van der Waals surface area (Å²) in [4.78, 5) is 2.17. The number of benzene rings is 1. The van der Waals surface area contributed by atoms with Gasteiger partial charge in [0.25, 0.3) is 0 Å². The molecule has 0 aromatic heterocycles. The number of nitrogens with one attached hydrogen (secondary N) is 1. The lowest BCUT2D eigenvalue weighted by molar-refractivity contribution is 0.199. The van der Waals surface area contributed by atoms with Crippen molar-refractivity contribution in [2.45, 2.75) is 30.9 Å². The molecule has 1 heterocycles. The molecule has 1 aliphatic heterocycles. The Balaban J connectivity index is 1.98. The number of ether oxygens (including phenoxy) is 1. The molecule has 2 rings (SSSR count). The highest BCUT2D eigenvalue weighted by molar-refractivity contribution is 8.00. The van der Waals surface area contributed by atoms with Crippen molar-refractivity contribution < 1.29 is 9.13 Å². The van der Waals surface area contributed by atoms with Gasteiger partial charge in [0.1, 0.15) is 5.82 Å². The van der Waals surface area contributed by atoms with E-state index in [0.717, 1.165) is 30.9 Å². The molecule has 2 unspecified atom stereocenters. The van der Waals surface area contributed by atoms with Crippen molar-refractivity contribution in [3.05, 3.63) is 29.6 Å². The predicted molar refractivity (Wildman–Crippen MR) is 88.7 cm³/mol. The summed E-state index contributed by atoms with van der Waals surface area (Å²) in [6, 6.07) is 5.57. The first kappa shape index (κ1) is 16.6. The van der Waals surface area contributed by atoms with Gasteiger partial charge in [-0.1, -0.05) is 19.9 Å². The Morgan fingerprint density at radius 1 is 1.33 bits per heavy atom. The van der Waals surface area contributed by atoms with Crippen molar-refractivity contribution in [2.24, 2.45) is 0 Å². The minimum Gasteiger partial charge on any atom is -0.383 e. The summed E-state index contributed by atoms with van der Waals surface area (Å²) in [5.74, 6) is -0.118. The van der Waals surface area contributed by atoms with Crippen LogP contribution in [0.1, 0.15) is 19.4 Å². The van der Waals surface area contributed by atoms with E-state index in [1.54, 1.807) is 13.2 Å². The normalized spacial score (nSPS) is 22.6. The molecule has 1 N–H and O–H groups in total. The Labute approximate surface area is 131 Å². The van der Waals surface area contributed by atoms with Crippen molar-refractivity contribution in [3.8, 4) is 0 Å². The van der Waals surface area contributed by atoms with Crippen LogP contribution in [-0.4, -0.2) is 43.9 Å². The van der Waals surface area contributed by atoms with Gasteiger partial charge in [0, 0.05) is 43.8 Å². The molecule has 0 radical (unpaired) electrons. The monoisotopic (exact) mass is 312 g/mol. The van der Waals surface area contributed by atoms with Gasteiger partial charge in [-0.05, 0) is 17.7 Å². The van der Waals surface area contributed by atoms with Gasteiger partial charge in [0.2, 0.25) is 0 Å². The fourth-order valence-corrected chi connectivity index (χ4v) is 4.02. The van der Waals surface area contributed by atoms with Crippen LogP contribution in [0, 0.1) is 5.82 Å². The Morgan fingerprint density at radius 3 is 2.67 bits per heavy atom. The van der Waals surface area contributed by atoms with Crippen molar-refractivity contribution >= 4 is 17.4 Å². The minimum absolute atomic E-state index is 0.118. The van der Waals surface area contributed by atoms with Gasteiger partial charge in [-0.2, -0.15) is 11.8 Å². The maximum Gasteiger partial charge on any atom is 0.146 e. The zero-order valence-corrected chi connectivity index (χ0v) is 13.9. The highest BCUT2D eigenvalue weighted by Gasteiger charge is 2.24. The molecule has 0 amide bonds. The standard InChI is InChI=1S/C16H25FN2OS/c1-12-10-19(11-13(2)21-12)16-5-4-14(8-15(16)17)9-18-6-7-20-3/h4-5,8,12-13,18H,6-7,9-11H2,1-3H3. The average molecular weight is 312 g/mol. The lowest BCUT2D eigenvalue weighted by atomic mass is 10.1. The Kier molecular flexibility index (Phi) is 6.33. The van der Waals surface area contributed by atoms with Crippen LogP contribution >= 0.6 is 11.8 Å². The van der Waals surface area contributed by atoms with Crippen molar-refractivity contribution in [3.63, 3.8) is 0 Å². The second-order valence-electron chi connectivity index (χ2n) is 5.62. The van der Waals surface area contributed by atoms with Crippen molar-refractivity contribution in [2.75, 3.05) is 38.3 Å². The Morgan fingerprint density at radius 2 is 2.05 bits per heavy atom. The predicted octanol–water partition coefficient (Wildman–Crippen LogP) is 2.89. The van der Waals surface area contributed by atoms with Gasteiger partial charge in [0.05, 0.1) is 12.3 Å². The van der Waals surface area contributed by atoms with Gasteiger partial charge in [-0.15, -0.1) is 0 Å². The van der Waals surface area contributed by atoms with E-state index in [1.165, 1.54) is 0 Å². The maximum absolute atomic E-state index is 14.4. The van der Waals surface area contributed by atoms with Gasteiger partial charge >= 0.3 is 0 Å². The molecule has 118 valence electrons. The van der Waals surface area contributed by atoms with E-state index in [2.05, 4.69) is 24.1 Å². The number of hydrogen-bond donors (Lipinski definition) is 1. The molecule has 0 spiro atoms. The summed E-state index contributed by atoms with van der Waals surface area (Å²) < 4.78 is 19.3. The first-order valence-electron chi connectivity index (χ1n) is 7.48. The van der Waals surface area contributed by atoms with Crippen LogP contribution in [0.15, 0.2) is 18.2 Å². The molecule has 1 aromatic carbocycles. The van der Waals surface area contributed by atoms with Gasteiger partial charge in [-0.3, -0.25) is 0 Å². The summed E-state index contributed by atoms with van der Waals surface area (Å²) in [6.07, 6.45) is 0. The fraction of sp³-hybridized carbons (Fsp3) is 0.625. The molecule has 21 heavy (non-hydrogen) atoms. The molecule has 2 atom stereocenters. The van der Waals surface area contributed by atoms with Crippen LogP contribution in [0.5, 0.6) is 0 Å². The number of rotatable bonds is 6. The van der Waals surface area contributed by atoms with E-state index in [1.807, 2.05) is 23.9 Å². The topological polar surface area (TPSA) is 24.5 Å². The molecule has 0 aliphatic carbocycles. The second-order valence-corrected chi connectivity index (χ2v) is 7.50. The van der Waals surface area contributed by atoms with Crippen molar-refractivity contribution in [1.29, 1.82) is 0 Å². The zero-order chi connectivity index (χ0) is 15.2. The second kappa shape index (κ2) is 8.01. The number of methoxy groups -OCH3 is 1. The van der Waals surface area contributed by atoms with E-state index in [9.17, 15) is 4.39 Å². The number of thioether (sulfide) groups is 1. The van der Waals surface area contributed by atoms with Gasteiger partial charge in [0.15, 0.2) is 0 Å². The largest absolute Gasteiger partial charge is 0.383 e. The van der Waals surface area contributed by atoms with E-state index in [-0.39, 0.29) is 5.82 Å². The molecule has 0 saturated carbocycles. The first-order chi connectivity index (χ1) is 10.1. The van der Waals surface area contributed by atoms with Crippen LogP contribution in [-0.2, 0) is 11.3 Å². The van der Waals surface area contributed by atoms with Crippen LogP contribution in [0.3, 0.4) is 0 Å². The Bertz CT molecular complexity index is 448. The van der Waals surface area contributed by atoms with Gasteiger partial charge in [-0.25, -0.2) is 4.39 Å². The smallest absolute Gasteiger partial charge is 0.146 e. The quantitative estimate of drug-likeness (QED) is 0.816. The highest BCUT2D eigenvalue weighted by atomic mass is 32.2. The summed E-state index contributed by atoms with van der Waals surface area (Å²) >= 11 is 1.98. The first-order valence-corrected chi connectivity index (χ1v) is 8.43. The van der Waals surface area contributed by atoms with Crippen LogP contribution in [0.4, 0.5) is 10.1 Å². The van der Waals surface area contributed by atoms with E-state index < -0.39 is 0 Å². The maximum atomic E-state index is 14.4. The van der Waals surface area contributed by atoms with Crippen LogP contribution in [0.25, 0.3) is 0 Å². The Hall–Kier alpha value is -0.780. The molecule has 1 aliphatic rings. The summed E-state index contributed by atoms with van der Waals surface area (Å²) in [5, 5.41) is 4.32. The third-order valence-electron chi connectivity index (χ3n) is 3.58. The van der Waals surface area contributed by atoms with Crippen LogP contribution < -0.4 is 10.2 Å². The molecule has 1 fully saturated rings. The molecular weight excluding hydrogens is 287 g/mol. The van der Waals surface area contributed by atoms with E-state index in [4.69, 9.17) is 4.74 Å². The summed E-state index contributed by atoms with van der Waals surface area (Å²) in [6.45, 7) is 8.36.